The number of amides is 1. The minimum absolute atomic E-state index is 0.0548. The van der Waals surface area contributed by atoms with Gasteiger partial charge in [-0.25, -0.2) is 13.2 Å². The highest BCUT2D eigenvalue weighted by atomic mass is 32.2. The summed E-state index contributed by atoms with van der Waals surface area (Å²) in [4.78, 5) is 12.5. The number of hydrogen-bond donors (Lipinski definition) is 0. The van der Waals surface area contributed by atoms with Crippen LogP contribution in [0.5, 0.6) is 0 Å². The number of carbonyl (C=O) groups is 1. The average molecular weight is 289 g/mol. The van der Waals surface area contributed by atoms with Crippen LogP contribution in [0.25, 0.3) is 0 Å². The molecular weight excluding hydrogens is 275 g/mol. The lowest BCUT2D eigenvalue weighted by molar-refractivity contribution is -0.162. The molecule has 0 aliphatic carbocycles. The van der Waals surface area contributed by atoms with Gasteiger partial charge in [0.25, 0.3) is 0 Å². The SMILES string of the molecule is CCN(C(=O)OCC(F)(F)F)C1CCS(=O)(=O)C1. The Morgan fingerprint density at radius 1 is 1.44 bits per heavy atom. The van der Waals surface area contributed by atoms with Crippen molar-refractivity contribution in [3.8, 4) is 0 Å². The van der Waals surface area contributed by atoms with Crippen molar-refractivity contribution in [3.63, 3.8) is 0 Å². The first-order valence-corrected chi connectivity index (χ1v) is 7.17. The van der Waals surface area contributed by atoms with Crippen molar-refractivity contribution in [1.29, 1.82) is 0 Å². The molecule has 1 atom stereocenters. The van der Waals surface area contributed by atoms with E-state index in [9.17, 15) is 26.4 Å². The molecule has 0 aromatic rings. The first-order valence-electron chi connectivity index (χ1n) is 5.35. The molecule has 0 aromatic carbocycles. The van der Waals surface area contributed by atoms with E-state index < -0.39 is 34.8 Å². The minimum Gasteiger partial charge on any atom is -0.440 e. The van der Waals surface area contributed by atoms with E-state index in [-0.39, 0.29) is 24.5 Å². The highest BCUT2D eigenvalue weighted by Gasteiger charge is 2.36. The van der Waals surface area contributed by atoms with Gasteiger partial charge < -0.3 is 9.64 Å². The van der Waals surface area contributed by atoms with E-state index in [0.717, 1.165) is 4.90 Å². The van der Waals surface area contributed by atoms with Gasteiger partial charge in [-0.2, -0.15) is 13.2 Å². The zero-order valence-corrected chi connectivity index (χ0v) is 10.6. The molecule has 106 valence electrons. The summed E-state index contributed by atoms with van der Waals surface area (Å²) in [5.74, 6) is -0.275. The van der Waals surface area contributed by atoms with E-state index in [1.165, 1.54) is 0 Å². The summed E-state index contributed by atoms with van der Waals surface area (Å²) in [6.45, 7) is -0.00152. The first-order chi connectivity index (χ1) is 8.14. The molecule has 0 spiro atoms. The Labute approximate surface area is 103 Å². The second-order valence-electron chi connectivity index (χ2n) is 4.01. The minimum atomic E-state index is -4.59. The molecule has 9 heteroatoms. The van der Waals surface area contributed by atoms with E-state index in [0.29, 0.717) is 0 Å². The molecule has 0 saturated carbocycles. The van der Waals surface area contributed by atoms with E-state index in [4.69, 9.17) is 0 Å². The lowest BCUT2D eigenvalue weighted by Crippen LogP contribution is -2.42. The van der Waals surface area contributed by atoms with Crippen LogP contribution < -0.4 is 0 Å². The van der Waals surface area contributed by atoms with Crippen LogP contribution in [0.1, 0.15) is 13.3 Å². The van der Waals surface area contributed by atoms with Crippen molar-refractivity contribution in [2.45, 2.75) is 25.6 Å². The summed E-state index contributed by atoms with van der Waals surface area (Å²) < 4.78 is 62.3. The third-order valence-corrected chi connectivity index (χ3v) is 4.33. The van der Waals surface area contributed by atoms with Gasteiger partial charge in [0.05, 0.1) is 11.5 Å². The molecule has 1 unspecified atom stereocenters. The molecule has 1 aliphatic heterocycles. The predicted molar refractivity (Wildman–Crippen MR) is 56.8 cm³/mol. The molecule has 1 amide bonds. The zero-order chi connectivity index (χ0) is 14.0. The largest absolute Gasteiger partial charge is 0.440 e. The monoisotopic (exact) mass is 289 g/mol. The van der Waals surface area contributed by atoms with Gasteiger partial charge in [0, 0.05) is 12.6 Å². The molecule has 5 nitrogen and oxygen atoms in total. The first kappa shape index (κ1) is 15.1. The normalized spacial score (nSPS) is 22.8. The molecule has 0 bridgehead atoms. The van der Waals surface area contributed by atoms with Crippen LogP contribution in [0, 0.1) is 0 Å². The molecule has 1 heterocycles. The van der Waals surface area contributed by atoms with Crippen molar-refractivity contribution in [3.05, 3.63) is 0 Å². The summed E-state index contributed by atoms with van der Waals surface area (Å²) in [6.07, 6.45) is -5.48. The Morgan fingerprint density at radius 3 is 2.44 bits per heavy atom. The fraction of sp³-hybridized carbons (Fsp3) is 0.889. The Hall–Kier alpha value is -0.990. The molecule has 1 saturated heterocycles. The third kappa shape index (κ3) is 4.35. The molecule has 0 N–H and O–H groups in total. The van der Waals surface area contributed by atoms with E-state index in [1.807, 2.05) is 0 Å². The van der Waals surface area contributed by atoms with Crippen molar-refractivity contribution < 1.29 is 31.1 Å². The Bertz CT molecular complexity index is 407. The fourth-order valence-corrected chi connectivity index (χ4v) is 3.51. The van der Waals surface area contributed by atoms with Gasteiger partial charge >= 0.3 is 12.3 Å². The van der Waals surface area contributed by atoms with Gasteiger partial charge in [0.15, 0.2) is 16.4 Å². The number of carbonyl (C=O) groups excluding carboxylic acids is 1. The third-order valence-electron chi connectivity index (χ3n) is 2.58. The topological polar surface area (TPSA) is 63.7 Å². The lowest BCUT2D eigenvalue weighted by Gasteiger charge is -2.26. The molecule has 1 aliphatic rings. The molecule has 0 radical (unpaired) electrons. The number of halogens is 3. The van der Waals surface area contributed by atoms with E-state index in [2.05, 4.69) is 4.74 Å². The second-order valence-corrected chi connectivity index (χ2v) is 6.24. The average Bonchev–Trinajstić information content (AvgIpc) is 2.56. The fourth-order valence-electron chi connectivity index (χ4n) is 1.78. The van der Waals surface area contributed by atoms with Gasteiger partial charge in [0.2, 0.25) is 0 Å². The van der Waals surface area contributed by atoms with E-state index in [1.54, 1.807) is 6.92 Å². The lowest BCUT2D eigenvalue weighted by atomic mass is 10.2. The number of ether oxygens (including phenoxy) is 1. The van der Waals surface area contributed by atoms with Crippen LogP contribution >= 0.6 is 0 Å². The maximum atomic E-state index is 11.9. The van der Waals surface area contributed by atoms with Gasteiger partial charge in [0.1, 0.15) is 0 Å². The highest BCUT2D eigenvalue weighted by molar-refractivity contribution is 7.91. The zero-order valence-electron chi connectivity index (χ0n) is 9.74. The van der Waals surface area contributed by atoms with Crippen molar-refractivity contribution in [2.24, 2.45) is 0 Å². The quantitative estimate of drug-likeness (QED) is 0.783. The number of nitrogens with zero attached hydrogens (tertiary/aromatic N) is 1. The Morgan fingerprint density at radius 2 is 2.06 bits per heavy atom. The number of rotatable bonds is 3. The van der Waals surface area contributed by atoms with Crippen LogP contribution in [0.2, 0.25) is 0 Å². The van der Waals surface area contributed by atoms with Crippen LogP contribution in [-0.2, 0) is 14.6 Å². The van der Waals surface area contributed by atoms with Gasteiger partial charge in [-0.05, 0) is 13.3 Å². The van der Waals surface area contributed by atoms with Gasteiger partial charge in [-0.1, -0.05) is 0 Å². The van der Waals surface area contributed by atoms with Gasteiger partial charge in [-0.3, -0.25) is 0 Å². The second kappa shape index (κ2) is 5.33. The Kier molecular flexibility index (Phi) is 4.46. The van der Waals surface area contributed by atoms with Crippen molar-refractivity contribution in [2.75, 3.05) is 24.7 Å². The Balaban J connectivity index is 2.59. The van der Waals surface area contributed by atoms with Crippen molar-refractivity contribution in [1.82, 2.24) is 4.90 Å². The standard InChI is InChI=1S/C9H14F3NO4S/c1-2-13(7-3-4-18(15,16)5-7)8(14)17-6-9(10,11)12/h7H,2-6H2,1H3. The summed E-state index contributed by atoms with van der Waals surface area (Å²) in [5.41, 5.74) is 0. The smallest absolute Gasteiger partial charge is 0.422 e. The number of alkyl halides is 3. The maximum absolute atomic E-state index is 11.9. The van der Waals surface area contributed by atoms with E-state index >= 15 is 0 Å². The summed E-state index contributed by atoms with van der Waals surface area (Å²) in [7, 11) is -3.20. The molecule has 1 rings (SSSR count). The predicted octanol–water partition coefficient (Wildman–Crippen LogP) is 1.19. The van der Waals surface area contributed by atoms with Crippen LogP contribution in [0.3, 0.4) is 0 Å². The van der Waals surface area contributed by atoms with Crippen LogP contribution in [-0.4, -0.2) is 56.3 Å². The summed E-state index contributed by atoms with van der Waals surface area (Å²) in [5, 5.41) is 0. The molecular formula is C9H14F3NO4S. The summed E-state index contributed by atoms with van der Waals surface area (Å²) >= 11 is 0. The van der Waals surface area contributed by atoms with Crippen LogP contribution in [0.4, 0.5) is 18.0 Å². The summed E-state index contributed by atoms with van der Waals surface area (Å²) in [6, 6.07) is -0.597. The van der Waals surface area contributed by atoms with Crippen molar-refractivity contribution >= 4 is 15.9 Å². The highest BCUT2D eigenvalue weighted by Crippen LogP contribution is 2.20. The molecule has 18 heavy (non-hydrogen) atoms. The number of hydrogen-bond acceptors (Lipinski definition) is 4. The molecule has 1 fully saturated rings. The van der Waals surface area contributed by atoms with Gasteiger partial charge in [-0.15, -0.1) is 0 Å². The maximum Gasteiger partial charge on any atom is 0.422 e. The van der Waals surface area contributed by atoms with Crippen LogP contribution in [0.15, 0.2) is 0 Å². The molecule has 0 aromatic heterocycles. The number of sulfone groups is 1.